The molecule has 0 aliphatic heterocycles. The Kier molecular flexibility index (Phi) is 4.20. The highest BCUT2D eigenvalue weighted by molar-refractivity contribution is 5.63. The predicted molar refractivity (Wildman–Crippen MR) is 88.1 cm³/mol. The molecular weight excluding hydrogens is 256 g/mol. The zero-order valence-corrected chi connectivity index (χ0v) is 12.3. The van der Waals surface area contributed by atoms with Gasteiger partial charge < -0.3 is 4.74 Å². The highest BCUT2D eigenvalue weighted by Gasteiger charge is 2.08. The van der Waals surface area contributed by atoms with Gasteiger partial charge in [-0.25, -0.2) is 0 Å². The second-order valence-corrected chi connectivity index (χ2v) is 5.36. The lowest BCUT2D eigenvalue weighted by Gasteiger charge is -2.15. The van der Waals surface area contributed by atoms with Crippen LogP contribution in [0.25, 0.3) is 11.1 Å². The van der Waals surface area contributed by atoms with Crippen LogP contribution in [0.4, 0.5) is 0 Å². The van der Waals surface area contributed by atoms with E-state index in [4.69, 9.17) is 4.74 Å². The van der Waals surface area contributed by atoms with E-state index >= 15 is 0 Å². The van der Waals surface area contributed by atoms with Crippen molar-refractivity contribution in [3.63, 3.8) is 0 Å². The van der Waals surface area contributed by atoms with Gasteiger partial charge in [-0.05, 0) is 54.2 Å². The number of benzene rings is 2. The SMILES string of the molecule is CCC1C=CC(Oc2ccc(-c3ccccc3)cc2)=CC1. The lowest BCUT2D eigenvalue weighted by molar-refractivity contribution is 0.432. The molecule has 3 rings (SSSR count). The predicted octanol–water partition coefficient (Wildman–Crippen LogP) is 5.60. The molecule has 0 saturated heterocycles. The molecule has 0 heterocycles. The summed E-state index contributed by atoms with van der Waals surface area (Å²) in [5, 5.41) is 0. The maximum atomic E-state index is 5.91. The van der Waals surface area contributed by atoms with Crippen LogP contribution in [0.15, 0.2) is 78.6 Å². The van der Waals surface area contributed by atoms with Crippen LogP contribution in [0.1, 0.15) is 19.8 Å². The van der Waals surface area contributed by atoms with Gasteiger partial charge in [-0.3, -0.25) is 0 Å². The van der Waals surface area contributed by atoms with E-state index in [-0.39, 0.29) is 0 Å². The summed E-state index contributed by atoms with van der Waals surface area (Å²) in [6.45, 7) is 2.22. The van der Waals surface area contributed by atoms with Gasteiger partial charge in [-0.2, -0.15) is 0 Å². The summed E-state index contributed by atoms with van der Waals surface area (Å²) < 4.78 is 5.91. The van der Waals surface area contributed by atoms with E-state index in [1.807, 2.05) is 18.2 Å². The van der Waals surface area contributed by atoms with Crippen molar-refractivity contribution in [1.29, 1.82) is 0 Å². The van der Waals surface area contributed by atoms with Gasteiger partial charge in [-0.15, -0.1) is 0 Å². The Hall–Kier alpha value is -2.28. The van der Waals surface area contributed by atoms with E-state index in [2.05, 4.69) is 61.5 Å². The van der Waals surface area contributed by atoms with E-state index in [9.17, 15) is 0 Å². The monoisotopic (exact) mass is 276 g/mol. The lowest BCUT2D eigenvalue weighted by Crippen LogP contribution is -2.02. The van der Waals surface area contributed by atoms with E-state index in [1.165, 1.54) is 17.5 Å². The van der Waals surface area contributed by atoms with Crippen LogP contribution >= 0.6 is 0 Å². The van der Waals surface area contributed by atoms with Crippen molar-refractivity contribution in [2.45, 2.75) is 19.8 Å². The van der Waals surface area contributed by atoms with E-state index in [0.29, 0.717) is 5.92 Å². The highest BCUT2D eigenvalue weighted by atomic mass is 16.5. The first kappa shape index (κ1) is 13.7. The molecule has 0 bridgehead atoms. The van der Waals surface area contributed by atoms with Crippen LogP contribution in [0.5, 0.6) is 5.75 Å². The van der Waals surface area contributed by atoms with Gasteiger partial charge in [0.2, 0.25) is 0 Å². The standard InChI is InChI=1S/C20H20O/c1-2-16-8-12-19(13-9-16)21-20-14-10-18(11-15-20)17-6-4-3-5-7-17/h3-8,10-16H,2,9H2,1H3. The van der Waals surface area contributed by atoms with Gasteiger partial charge in [0.15, 0.2) is 0 Å². The third kappa shape index (κ3) is 3.43. The van der Waals surface area contributed by atoms with Crippen molar-refractivity contribution in [2.75, 3.05) is 0 Å². The minimum absolute atomic E-state index is 0.665. The lowest BCUT2D eigenvalue weighted by atomic mass is 9.98. The first-order chi connectivity index (χ1) is 10.3. The highest BCUT2D eigenvalue weighted by Crippen LogP contribution is 2.25. The zero-order valence-electron chi connectivity index (χ0n) is 12.3. The van der Waals surface area contributed by atoms with Crippen LogP contribution in [-0.4, -0.2) is 0 Å². The Morgan fingerprint density at radius 1 is 0.952 bits per heavy atom. The quantitative estimate of drug-likeness (QED) is 0.706. The molecule has 106 valence electrons. The summed E-state index contributed by atoms with van der Waals surface area (Å²) in [6.07, 6.45) is 8.77. The van der Waals surface area contributed by atoms with Crippen LogP contribution in [0, 0.1) is 5.92 Å². The molecule has 1 nitrogen and oxygen atoms in total. The average molecular weight is 276 g/mol. The summed E-state index contributed by atoms with van der Waals surface area (Å²) >= 11 is 0. The largest absolute Gasteiger partial charge is 0.458 e. The molecule has 1 aliphatic rings. The molecule has 1 atom stereocenters. The summed E-state index contributed by atoms with van der Waals surface area (Å²) in [4.78, 5) is 0. The third-order valence-corrected chi connectivity index (χ3v) is 3.88. The Morgan fingerprint density at radius 2 is 1.67 bits per heavy atom. The van der Waals surface area contributed by atoms with Crippen molar-refractivity contribution in [3.05, 3.63) is 78.6 Å². The van der Waals surface area contributed by atoms with Gasteiger partial charge in [0.1, 0.15) is 11.5 Å². The van der Waals surface area contributed by atoms with Crippen molar-refractivity contribution in [1.82, 2.24) is 0 Å². The molecule has 21 heavy (non-hydrogen) atoms. The molecule has 1 aliphatic carbocycles. The fraction of sp³-hybridized carbons (Fsp3) is 0.200. The summed E-state index contributed by atoms with van der Waals surface area (Å²) in [5.74, 6) is 2.51. The average Bonchev–Trinajstić information content (AvgIpc) is 2.57. The van der Waals surface area contributed by atoms with Crippen molar-refractivity contribution in [3.8, 4) is 16.9 Å². The van der Waals surface area contributed by atoms with Crippen LogP contribution in [0.3, 0.4) is 0 Å². The molecule has 1 heteroatoms. The maximum absolute atomic E-state index is 5.91. The van der Waals surface area contributed by atoms with Gasteiger partial charge in [0, 0.05) is 0 Å². The Balaban J connectivity index is 1.68. The molecule has 0 radical (unpaired) electrons. The minimum atomic E-state index is 0.665. The summed E-state index contributed by atoms with van der Waals surface area (Å²) in [7, 11) is 0. The van der Waals surface area contributed by atoms with Gasteiger partial charge in [-0.1, -0.05) is 55.5 Å². The number of rotatable bonds is 4. The molecule has 1 unspecified atom stereocenters. The van der Waals surface area contributed by atoms with Crippen molar-refractivity contribution >= 4 is 0 Å². The maximum Gasteiger partial charge on any atom is 0.127 e. The first-order valence-electron chi connectivity index (χ1n) is 7.57. The van der Waals surface area contributed by atoms with Crippen LogP contribution < -0.4 is 4.74 Å². The van der Waals surface area contributed by atoms with Gasteiger partial charge >= 0.3 is 0 Å². The normalized spacial score (nSPS) is 17.4. The third-order valence-electron chi connectivity index (χ3n) is 3.88. The Morgan fingerprint density at radius 3 is 2.29 bits per heavy atom. The molecule has 0 saturated carbocycles. The number of hydrogen-bond acceptors (Lipinski definition) is 1. The van der Waals surface area contributed by atoms with Gasteiger partial charge in [0.05, 0.1) is 0 Å². The van der Waals surface area contributed by atoms with Gasteiger partial charge in [0.25, 0.3) is 0 Å². The molecule has 2 aromatic carbocycles. The van der Waals surface area contributed by atoms with E-state index in [0.717, 1.165) is 17.9 Å². The van der Waals surface area contributed by atoms with Crippen molar-refractivity contribution < 1.29 is 4.74 Å². The van der Waals surface area contributed by atoms with Crippen LogP contribution in [-0.2, 0) is 0 Å². The van der Waals surface area contributed by atoms with E-state index in [1.54, 1.807) is 0 Å². The number of ether oxygens (including phenoxy) is 1. The Bertz CT molecular complexity index is 635. The minimum Gasteiger partial charge on any atom is -0.458 e. The second kappa shape index (κ2) is 6.45. The summed E-state index contributed by atoms with van der Waals surface area (Å²) in [5.41, 5.74) is 2.44. The number of allylic oxidation sites excluding steroid dienone is 3. The smallest absolute Gasteiger partial charge is 0.127 e. The van der Waals surface area contributed by atoms with Crippen LogP contribution in [0.2, 0.25) is 0 Å². The second-order valence-electron chi connectivity index (χ2n) is 5.36. The Labute approximate surface area is 126 Å². The molecule has 0 aromatic heterocycles. The molecule has 0 amide bonds. The number of hydrogen-bond donors (Lipinski definition) is 0. The van der Waals surface area contributed by atoms with E-state index < -0.39 is 0 Å². The van der Waals surface area contributed by atoms with Crippen molar-refractivity contribution in [2.24, 2.45) is 5.92 Å². The fourth-order valence-corrected chi connectivity index (χ4v) is 2.51. The topological polar surface area (TPSA) is 9.23 Å². The summed E-state index contributed by atoms with van der Waals surface area (Å²) in [6, 6.07) is 18.7. The molecule has 2 aromatic rings. The molecule has 0 N–H and O–H groups in total. The fourth-order valence-electron chi connectivity index (χ4n) is 2.51. The molecular formula is C20H20O. The zero-order chi connectivity index (χ0) is 14.5. The first-order valence-corrected chi connectivity index (χ1v) is 7.57. The molecule has 0 fully saturated rings. The molecule has 0 spiro atoms.